The second-order valence-electron chi connectivity index (χ2n) is 5.64. The van der Waals surface area contributed by atoms with Crippen molar-refractivity contribution in [1.82, 2.24) is 15.2 Å². The zero-order chi connectivity index (χ0) is 15.8. The second-order valence-corrected chi connectivity index (χ2v) is 5.64. The number of aromatic nitrogens is 3. The van der Waals surface area contributed by atoms with E-state index in [1.54, 1.807) is 0 Å². The molecule has 2 aromatic heterocycles. The first-order valence-corrected chi connectivity index (χ1v) is 7.47. The molecule has 0 aliphatic heterocycles. The summed E-state index contributed by atoms with van der Waals surface area (Å²) in [5.41, 5.74) is 13.1. The summed E-state index contributed by atoms with van der Waals surface area (Å²) in [6.07, 6.45) is 3.66. The van der Waals surface area contributed by atoms with E-state index in [2.05, 4.69) is 39.4 Å². The Kier molecular flexibility index (Phi) is 3.08. The minimum atomic E-state index is 0.797. The van der Waals surface area contributed by atoms with Gasteiger partial charge in [0.15, 0.2) is 0 Å². The highest BCUT2D eigenvalue weighted by Gasteiger charge is 2.10. The van der Waals surface area contributed by atoms with Crippen molar-refractivity contribution in [3.63, 3.8) is 0 Å². The van der Waals surface area contributed by atoms with Gasteiger partial charge in [-0.15, -0.1) is 0 Å². The molecule has 23 heavy (non-hydrogen) atoms. The number of nitrogens with zero attached hydrogens (tertiary/aromatic N) is 2. The third kappa shape index (κ3) is 2.34. The standard InChI is InChI=1S/C19H16N4/c1-12-9-14(4-6-17(12)20)19-16(3-2-8-21-19)13-5-7-18-15(10-13)11-22-23-18/h2-11H,20H2,1H3,(H,22,23). The average Bonchev–Trinajstić information content (AvgIpc) is 3.05. The van der Waals surface area contributed by atoms with Crippen LogP contribution in [0.3, 0.4) is 0 Å². The fraction of sp³-hybridized carbons (Fsp3) is 0.0526. The second kappa shape index (κ2) is 5.25. The Bertz CT molecular complexity index is 1000. The number of pyridine rings is 1. The summed E-state index contributed by atoms with van der Waals surface area (Å²) in [7, 11) is 0. The predicted molar refractivity (Wildman–Crippen MR) is 93.9 cm³/mol. The Hall–Kier alpha value is -3.14. The van der Waals surface area contributed by atoms with Crippen molar-refractivity contribution < 1.29 is 0 Å². The van der Waals surface area contributed by atoms with E-state index in [0.717, 1.165) is 44.5 Å². The smallest absolute Gasteiger partial charge is 0.0780 e. The molecule has 0 amide bonds. The van der Waals surface area contributed by atoms with Gasteiger partial charge < -0.3 is 5.73 Å². The summed E-state index contributed by atoms with van der Waals surface area (Å²) in [6, 6.07) is 16.3. The molecule has 0 unspecified atom stereocenters. The van der Waals surface area contributed by atoms with Crippen LogP contribution in [0.1, 0.15) is 5.56 Å². The van der Waals surface area contributed by atoms with Crippen LogP contribution in [0.2, 0.25) is 0 Å². The number of H-pyrrole nitrogens is 1. The van der Waals surface area contributed by atoms with Gasteiger partial charge in [-0.2, -0.15) is 5.10 Å². The van der Waals surface area contributed by atoms with Crippen LogP contribution in [-0.4, -0.2) is 15.2 Å². The van der Waals surface area contributed by atoms with E-state index in [9.17, 15) is 0 Å². The molecule has 0 bridgehead atoms. The topological polar surface area (TPSA) is 67.6 Å². The van der Waals surface area contributed by atoms with Gasteiger partial charge in [0.25, 0.3) is 0 Å². The minimum absolute atomic E-state index is 0.797. The monoisotopic (exact) mass is 300 g/mol. The number of hydrogen-bond donors (Lipinski definition) is 2. The van der Waals surface area contributed by atoms with Crippen LogP contribution in [0.5, 0.6) is 0 Å². The molecule has 0 saturated heterocycles. The van der Waals surface area contributed by atoms with Crippen molar-refractivity contribution >= 4 is 16.6 Å². The molecular formula is C19H16N4. The molecule has 0 fully saturated rings. The Morgan fingerprint density at radius 3 is 2.74 bits per heavy atom. The maximum Gasteiger partial charge on any atom is 0.0780 e. The maximum absolute atomic E-state index is 5.94. The average molecular weight is 300 g/mol. The Balaban J connectivity index is 1.90. The highest BCUT2D eigenvalue weighted by molar-refractivity contribution is 5.88. The molecule has 0 atom stereocenters. The van der Waals surface area contributed by atoms with Gasteiger partial charge in [-0.1, -0.05) is 18.2 Å². The lowest BCUT2D eigenvalue weighted by Gasteiger charge is -2.10. The number of nitrogen functional groups attached to an aromatic ring is 1. The summed E-state index contributed by atoms with van der Waals surface area (Å²) in [4.78, 5) is 4.60. The van der Waals surface area contributed by atoms with Gasteiger partial charge in [0.1, 0.15) is 0 Å². The lowest BCUT2D eigenvalue weighted by atomic mass is 9.97. The largest absolute Gasteiger partial charge is 0.399 e. The van der Waals surface area contributed by atoms with Crippen LogP contribution < -0.4 is 5.73 Å². The molecule has 0 saturated carbocycles. The number of rotatable bonds is 2. The summed E-state index contributed by atoms with van der Waals surface area (Å²) in [6.45, 7) is 2.01. The zero-order valence-corrected chi connectivity index (χ0v) is 12.7. The molecule has 4 aromatic rings. The fourth-order valence-electron chi connectivity index (χ4n) is 2.80. The minimum Gasteiger partial charge on any atom is -0.399 e. The van der Waals surface area contributed by atoms with Gasteiger partial charge >= 0.3 is 0 Å². The number of benzene rings is 2. The lowest BCUT2D eigenvalue weighted by molar-refractivity contribution is 1.12. The van der Waals surface area contributed by atoms with Gasteiger partial charge in [-0.25, -0.2) is 0 Å². The van der Waals surface area contributed by atoms with Crippen molar-refractivity contribution in [2.24, 2.45) is 0 Å². The van der Waals surface area contributed by atoms with Gasteiger partial charge in [0.05, 0.1) is 17.4 Å². The number of aryl methyl sites for hydroxylation is 1. The predicted octanol–water partition coefficient (Wildman–Crippen LogP) is 4.18. The van der Waals surface area contributed by atoms with Crippen LogP contribution in [0.4, 0.5) is 5.69 Å². The van der Waals surface area contributed by atoms with Crippen LogP contribution in [0, 0.1) is 6.92 Å². The van der Waals surface area contributed by atoms with Crippen molar-refractivity contribution in [1.29, 1.82) is 0 Å². The molecule has 0 spiro atoms. The van der Waals surface area contributed by atoms with Crippen LogP contribution >= 0.6 is 0 Å². The summed E-state index contributed by atoms with van der Waals surface area (Å²) >= 11 is 0. The maximum atomic E-state index is 5.94. The highest BCUT2D eigenvalue weighted by atomic mass is 15.1. The van der Waals surface area contributed by atoms with Crippen molar-refractivity contribution in [3.05, 3.63) is 66.5 Å². The van der Waals surface area contributed by atoms with Crippen LogP contribution in [-0.2, 0) is 0 Å². The quantitative estimate of drug-likeness (QED) is 0.546. The van der Waals surface area contributed by atoms with Gasteiger partial charge in [0, 0.05) is 28.4 Å². The number of nitrogens with two attached hydrogens (primary N) is 1. The van der Waals surface area contributed by atoms with Gasteiger partial charge in [0.2, 0.25) is 0 Å². The first kappa shape index (κ1) is 13.5. The number of nitrogens with one attached hydrogen (secondary N) is 1. The van der Waals surface area contributed by atoms with Crippen molar-refractivity contribution in [2.75, 3.05) is 5.73 Å². The Morgan fingerprint density at radius 2 is 1.87 bits per heavy atom. The summed E-state index contributed by atoms with van der Waals surface area (Å²) < 4.78 is 0. The number of hydrogen-bond acceptors (Lipinski definition) is 3. The molecular weight excluding hydrogens is 284 g/mol. The molecule has 4 rings (SSSR count). The molecule has 0 aliphatic carbocycles. The molecule has 4 nitrogen and oxygen atoms in total. The Labute approximate surface area is 134 Å². The van der Waals surface area contributed by atoms with Crippen LogP contribution in [0.25, 0.3) is 33.3 Å². The molecule has 0 radical (unpaired) electrons. The fourth-order valence-corrected chi connectivity index (χ4v) is 2.80. The van der Waals surface area contributed by atoms with Crippen LogP contribution in [0.15, 0.2) is 60.9 Å². The number of anilines is 1. The van der Waals surface area contributed by atoms with Gasteiger partial charge in [-0.05, 0) is 48.4 Å². The Morgan fingerprint density at radius 1 is 1.00 bits per heavy atom. The SMILES string of the molecule is Cc1cc(-c2ncccc2-c2ccc3[nH]ncc3c2)ccc1N. The van der Waals surface area contributed by atoms with E-state index in [4.69, 9.17) is 5.73 Å². The van der Waals surface area contributed by atoms with E-state index in [0.29, 0.717) is 0 Å². The first-order valence-electron chi connectivity index (χ1n) is 7.47. The molecule has 2 aromatic carbocycles. The summed E-state index contributed by atoms with van der Waals surface area (Å²) in [5.74, 6) is 0. The molecule has 112 valence electrons. The van der Waals surface area contributed by atoms with Crippen molar-refractivity contribution in [2.45, 2.75) is 6.92 Å². The third-order valence-electron chi connectivity index (χ3n) is 4.10. The zero-order valence-electron chi connectivity index (χ0n) is 12.7. The molecule has 4 heteroatoms. The molecule has 3 N–H and O–H groups in total. The molecule has 0 aliphatic rings. The van der Waals surface area contributed by atoms with E-state index >= 15 is 0 Å². The third-order valence-corrected chi connectivity index (χ3v) is 4.10. The number of fused-ring (bicyclic) bond motifs is 1. The van der Waals surface area contributed by atoms with E-state index in [-0.39, 0.29) is 0 Å². The highest BCUT2D eigenvalue weighted by Crippen LogP contribution is 2.32. The molecule has 2 heterocycles. The van der Waals surface area contributed by atoms with E-state index in [1.165, 1.54) is 0 Å². The van der Waals surface area contributed by atoms with E-state index < -0.39 is 0 Å². The normalized spacial score (nSPS) is 11.0. The number of aromatic amines is 1. The van der Waals surface area contributed by atoms with E-state index in [1.807, 2.05) is 43.6 Å². The lowest BCUT2D eigenvalue weighted by Crippen LogP contribution is -1.92. The van der Waals surface area contributed by atoms with Gasteiger partial charge in [-0.3, -0.25) is 10.1 Å². The van der Waals surface area contributed by atoms with Crippen molar-refractivity contribution in [3.8, 4) is 22.4 Å². The first-order chi connectivity index (χ1) is 11.2. The summed E-state index contributed by atoms with van der Waals surface area (Å²) in [5, 5.41) is 8.15.